The number of fused-ring (bicyclic) bond motifs is 1. The van der Waals surface area contributed by atoms with E-state index in [0.717, 1.165) is 26.4 Å². The molecule has 2 aromatic heterocycles. The topological polar surface area (TPSA) is 81.5 Å². The van der Waals surface area contributed by atoms with E-state index in [1.165, 1.54) is 16.0 Å². The lowest BCUT2D eigenvalue weighted by molar-refractivity contribution is 0.354. The molecule has 0 unspecified atom stereocenters. The van der Waals surface area contributed by atoms with E-state index >= 15 is 0 Å². The van der Waals surface area contributed by atoms with Gasteiger partial charge in [-0.15, -0.1) is 11.8 Å². The van der Waals surface area contributed by atoms with Crippen LogP contribution in [0, 0.1) is 0 Å². The van der Waals surface area contributed by atoms with E-state index < -0.39 is 0 Å². The van der Waals surface area contributed by atoms with Crippen LogP contribution in [0.3, 0.4) is 0 Å². The number of ether oxygens (including phenoxy) is 2. The molecule has 0 amide bonds. The van der Waals surface area contributed by atoms with Gasteiger partial charge in [0, 0.05) is 28.4 Å². The number of thiazole rings is 1. The van der Waals surface area contributed by atoms with Gasteiger partial charge in [0.15, 0.2) is 11.5 Å². The zero-order chi connectivity index (χ0) is 26.5. The lowest BCUT2D eigenvalue weighted by atomic mass is 10.1. The number of thioether (sulfide) groups is 1. The van der Waals surface area contributed by atoms with Gasteiger partial charge in [0.05, 0.1) is 35.7 Å². The molecule has 7 nitrogen and oxygen atoms in total. The molecule has 3 aromatic carbocycles. The van der Waals surface area contributed by atoms with Gasteiger partial charge in [-0.2, -0.15) is 4.68 Å². The number of hydrogen-bond donors (Lipinski definition) is 1. The number of nitrogens with zero attached hydrogens (tertiary/aromatic N) is 3. The van der Waals surface area contributed by atoms with Gasteiger partial charge in [0.2, 0.25) is 5.13 Å². The van der Waals surface area contributed by atoms with Crippen LogP contribution in [0.2, 0.25) is 5.02 Å². The average molecular weight is 565 g/mol. The Bertz CT molecular complexity index is 1610. The molecule has 0 aliphatic carbocycles. The molecule has 0 fully saturated rings. The number of nitrogens with one attached hydrogen (secondary N) is 1. The van der Waals surface area contributed by atoms with Crippen LogP contribution in [-0.2, 0) is 12.2 Å². The second kappa shape index (κ2) is 11.9. The van der Waals surface area contributed by atoms with E-state index in [1.54, 1.807) is 32.2 Å². The van der Waals surface area contributed by atoms with Crippen molar-refractivity contribution in [1.29, 1.82) is 0 Å². The van der Waals surface area contributed by atoms with Crippen molar-refractivity contribution >= 4 is 51.1 Å². The predicted octanol–water partition coefficient (Wildman–Crippen LogP) is 6.40. The molecule has 5 rings (SSSR count). The third kappa shape index (κ3) is 5.80. The predicted molar refractivity (Wildman–Crippen MR) is 156 cm³/mol. The molecule has 0 aliphatic rings. The van der Waals surface area contributed by atoms with Crippen molar-refractivity contribution in [2.45, 2.75) is 17.1 Å². The van der Waals surface area contributed by atoms with Gasteiger partial charge in [-0.25, -0.2) is 4.98 Å². The molecular weight excluding hydrogens is 540 g/mol. The van der Waals surface area contributed by atoms with Gasteiger partial charge in [-0.05, 0) is 60.5 Å². The van der Waals surface area contributed by atoms with Gasteiger partial charge in [-0.3, -0.25) is 14.9 Å². The highest BCUT2D eigenvalue weighted by Crippen LogP contribution is 2.28. The first-order valence-corrected chi connectivity index (χ1v) is 14.0. The Morgan fingerprint density at radius 2 is 1.87 bits per heavy atom. The van der Waals surface area contributed by atoms with E-state index in [9.17, 15) is 4.79 Å². The van der Waals surface area contributed by atoms with Crippen molar-refractivity contribution in [3.63, 3.8) is 0 Å². The molecule has 0 saturated heterocycles. The Morgan fingerprint density at radius 3 is 2.63 bits per heavy atom. The summed E-state index contributed by atoms with van der Waals surface area (Å²) in [6.45, 7) is 0.519. The first-order valence-electron chi connectivity index (χ1n) is 11.8. The molecule has 0 saturated carbocycles. The monoisotopic (exact) mass is 564 g/mol. The molecule has 10 heteroatoms. The summed E-state index contributed by atoms with van der Waals surface area (Å²) in [5.74, 6) is 1.93. The van der Waals surface area contributed by atoms with E-state index in [1.807, 2.05) is 66.7 Å². The summed E-state index contributed by atoms with van der Waals surface area (Å²) < 4.78 is 13.2. The SMILES string of the molecule is COc1ccc(CCN=Cc2c(CSc3ccc(Cl)cc3)[nH]n(-c3nc4ccccc4s3)c2=O)cc1OC. The van der Waals surface area contributed by atoms with Crippen LogP contribution in [0.25, 0.3) is 15.3 Å². The Labute approximate surface area is 233 Å². The van der Waals surface area contributed by atoms with Gasteiger partial charge in [-0.1, -0.05) is 41.1 Å². The van der Waals surface area contributed by atoms with E-state index in [-0.39, 0.29) is 5.56 Å². The first-order chi connectivity index (χ1) is 18.6. The number of H-pyrrole nitrogens is 1. The third-order valence-corrected chi connectivity index (χ3v) is 8.19. The van der Waals surface area contributed by atoms with E-state index in [4.69, 9.17) is 21.1 Å². The standard InChI is InChI=1S/C28H25ClN4O3S2/c1-35-24-12-7-18(15-25(24)36-2)13-14-30-16-21-23(17-37-20-10-8-19(29)9-11-20)32-33(27(21)34)28-31-22-5-3-4-6-26(22)38-28/h3-12,15-16,32H,13-14,17H2,1-2H3. The minimum atomic E-state index is -0.175. The summed E-state index contributed by atoms with van der Waals surface area (Å²) in [5, 5.41) is 4.56. The van der Waals surface area contributed by atoms with Crippen LogP contribution < -0.4 is 15.0 Å². The smallest absolute Gasteiger partial charge is 0.282 e. The summed E-state index contributed by atoms with van der Waals surface area (Å²) in [5.41, 5.74) is 3.06. The number of methoxy groups -OCH3 is 2. The van der Waals surface area contributed by atoms with Crippen molar-refractivity contribution in [3.05, 3.63) is 98.9 Å². The Balaban J connectivity index is 1.40. The van der Waals surface area contributed by atoms with Crippen molar-refractivity contribution in [2.24, 2.45) is 4.99 Å². The number of aromatic amines is 1. The van der Waals surface area contributed by atoms with Gasteiger partial charge in [0.25, 0.3) is 5.56 Å². The molecule has 0 aliphatic heterocycles. The summed E-state index contributed by atoms with van der Waals surface area (Å²) >= 11 is 9.11. The van der Waals surface area contributed by atoms with Crippen LogP contribution in [0.1, 0.15) is 16.8 Å². The molecule has 5 aromatic rings. The molecular formula is C28H25ClN4O3S2. The molecule has 1 N–H and O–H groups in total. The molecule has 0 atom stereocenters. The van der Waals surface area contributed by atoms with Crippen LogP contribution in [-0.4, -0.2) is 41.7 Å². The fourth-order valence-corrected chi connectivity index (χ4v) is 5.81. The fraction of sp³-hybridized carbons (Fsp3) is 0.179. The number of benzene rings is 3. The van der Waals surface area contributed by atoms with Crippen LogP contribution in [0.5, 0.6) is 11.5 Å². The normalized spacial score (nSPS) is 11.4. The maximum Gasteiger partial charge on any atom is 0.282 e. The maximum atomic E-state index is 13.5. The van der Waals surface area contributed by atoms with Gasteiger partial charge in [0.1, 0.15) is 0 Å². The third-order valence-electron chi connectivity index (χ3n) is 5.87. The molecule has 2 heterocycles. The number of hydrogen-bond acceptors (Lipinski definition) is 7. The Kier molecular flexibility index (Phi) is 8.17. The minimum absolute atomic E-state index is 0.175. The Hall–Kier alpha value is -3.53. The lowest BCUT2D eigenvalue weighted by Crippen LogP contribution is -2.17. The fourth-order valence-electron chi connectivity index (χ4n) is 3.90. The number of aromatic nitrogens is 3. The van der Waals surface area contributed by atoms with Crippen molar-refractivity contribution < 1.29 is 9.47 Å². The first kappa shape index (κ1) is 26.1. The summed E-state index contributed by atoms with van der Waals surface area (Å²) in [6, 6.07) is 21.3. The zero-order valence-corrected chi connectivity index (χ0v) is 23.2. The van der Waals surface area contributed by atoms with E-state index in [2.05, 4.69) is 15.1 Å². The summed E-state index contributed by atoms with van der Waals surface area (Å²) in [4.78, 5) is 23.8. The van der Waals surface area contributed by atoms with Gasteiger partial charge >= 0.3 is 0 Å². The van der Waals surface area contributed by atoms with Crippen molar-refractivity contribution in [1.82, 2.24) is 14.8 Å². The van der Waals surface area contributed by atoms with Gasteiger partial charge < -0.3 is 9.47 Å². The Morgan fingerprint density at radius 1 is 1.08 bits per heavy atom. The number of halogens is 1. The quantitative estimate of drug-likeness (QED) is 0.157. The highest BCUT2D eigenvalue weighted by atomic mass is 35.5. The lowest BCUT2D eigenvalue weighted by Gasteiger charge is -2.08. The molecule has 0 radical (unpaired) electrons. The molecule has 0 bridgehead atoms. The highest BCUT2D eigenvalue weighted by molar-refractivity contribution is 7.98. The molecule has 38 heavy (non-hydrogen) atoms. The largest absolute Gasteiger partial charge is 0.493 e. The maximum absolute atomic E-state index is 13.5. The number of para-hydroxylation sites is 1. The highest BCUT2D eigenvalue weighted by Gasteiger charge is 2.17. The average Bonchev–Trinajstić information content (AvgIpc) is 3.51. The summed E-state index contributed by atoms with van der Waals surface area (Å²) in [7, 11) is 3.23. The minimum Gasteiger partial charge on any atom is -0.493 e. The summed E-state index contributed by atoms with van der Waals surface area (Å²) in [6.07, 6.45) is 2.36. The number of aliphatic imine (C=N–C) groups is 1. The zero-order valence-electron chi connectivity index (χ0n) is 20.8. The second-order valence-electron chi connectivity index (χ2n) is 8.33. The van der Waals surface area contributed by atoms with Crippen LogP contribution in [0.15, 0.2) is 81.4 Å². The number of rotatable bonds is 10. The van der Waals surface area contributed by atoms with Crippen LogP contribution in [0.4, 0.5) is 0 Å². The van der Waals surface area contributed by atoms with E-state index in [0.29, 0.717) is 45.9 Å². The van der Waals surface area contributed by atoms with Crippen molar-refractivity contribution in [3.8, 4) is 16.6 Å². The van der Waals surface area contributed by atoms with Crippen molar-refractivity contribution in [2.75, 3.05) is 20.8 Å². The molecule has 194 valence electrons. The second-order valence-corrected chi connectivity index (χ2v) is 10.8. The molecule has 0 spiro atoms. The van der Waals surface area contributed by atoms with Crippen LogP contribution >= 0.6 is 34.7 Å².